The van der Waals surface area contributed by atoms with E-state index in [0.717, 1.165) is 13.1 Å². The van der Waals surface area contributed by atoms with Gasteiger partial charge in [0, 0.05) is 5.56 Å². The Morgan fingerprint density at radius 2 is 2.16 bits per heavy atom. The van der Waals surface area contributed by atoms with Crippen LogP contribution in [-0.2, 0) is 9.53 Å². The van der Waals surface area contributed by atoms with Gasteiger partial charge in [-0.15, -0.1) is 0 Å². The van der Waals surface area contributed by atoms with Gasteiger partial charge < -0.3 is 14.7 Å². The van der Waals surface area contributed by atoms with Gasteiger partial charge in [-0.25, -0.2) is 5.43 Å². The molecular weight excluding hydrogens is 246 g/mol. The lowest BCUT2D eigenvalue weighted by atomic mass is 10.2. The summed E-state index contributed by atoms with van der Waals surface area (Å²) in [7, 11) is 0. The van der Waals surface area contributed by atoms with Gasteiger partial charge in [0.1, 0.15) is 18.8 Å². The molecule has 1 aromatic rings. The number of carbonyl (C=O) groups is 1. The molecule has 3 N–H and O–H groups in total. The van der Waals surface area contributed by atoms with Gasteiger partial charge in [0.2, 0.25) is 0 Å². The zero-order valence-electron chi connectivity index (χ0n) is 10.6. The quantitative estimate of drug-likeness (QED) is 0.470. The molecule has 1 aromatic carbocycles. The topological polar surface area (TPSA) is 75.4 Å². The summed E-state index contributed by atoms with van der Waals surface area (Å²) in [4.78, 5) is 12.8. The number of amides is 1. The van der Waals surface area contributed by atoms with Crippen LogP contribution in [0.5, 0.6) is 5.75 Å². The predicted molar refractivity (Wildman–Crippen MR) is 70.2 cm³/mol. The molecule has 2 rings (SSSR count). The van der Waals surface area contributed by atoms with Gasteiger partial charge in [0.25, 0.3) is 5.91 Å². The molecule has 6 heteroatoms. The summed E-state index contributed by atoms with van der Waals surface area (Å²) in [6.07, 6.45) is 1.43. The van der Waals surface area contributed by atoms with Crippen molar-refractivity contribution in [3.8, 4) is 5.75 Å². The molecule has 0 saturated carbocycles. The van der Waals surface area contributed by atoms with Crippen molar-refractivity contribution in [2.45, 2.75) is 0 Å². The molecule has 0 bridgehead atoms. The summed E-state index contributed by atoms with van der Waals surface area (Å²) in [5.74, 6) is 0.00266. The molecule has 1 heterocycles. The number of hydrogen-bond donors (Lipinski definition) is 3. The van der Waals surface area contributed by atoms with E-state index >= 15 is 0 Å². The maximum absolute atomic E-state index is 11.6. The second-order valence-corrected chi connectivity index (χ2v) is 4.39. The highest BCUT2D eigenvalue weighted by atomic mass is 16.5. The zero-order valence-corrected chi connectivity index (χ0v) is 10.6. The molecule has 0 aromatic heterocycles. The molecule has 1 fully saturated rings. The lowest BCUT2D eigenvalue weighted by Crippen LogP contribution is -3.15. The Balaban J connectivity index is 1.78. The largest absolute Gasteiger partial charge is 0.507 e. The summed E-state index contributed by atoms with van der Waals surface area (Å²) in [5.41, 5.74) is 3.03. The van der Waals surface area contributed by atoms with Gasteiger partial charge in [-0.1, -0.05) is 12.1 Å². The Bertz CT molecular complexity index is 456. The van der Waals surface area contributed by atoms with Crippen LogP contribution in [0.3, 0.4) is 0 Å². The summed E-state index contributed by atoms with van der Waals surface area (Å²) >= 11 is 0. The number of morpholine rings is 1. The number of phenols is 1. The minimum absolute atomic E-state index is 0.136. The standard InChI is InChI=1S/C13H17N3O3/c17-12-4-2-1-3-11(12)9-14-15-13(18)10-16-5-7-19-8-6-16/h1-4,9,17H,5-8,10H2,(H,15,18)/p+1. The van der Waals surface area contributed by atoms with Crippen LogP contribution >= 0.6 is 0 Å². The van der Waals surface area contributed by atoms with E-state index < -0.39 is 0 Å². The second-order valence-electron chi connectivity index (χ2n) is 4.39. The highest BCUT2D eigenvalue weighted by Gasteiger charge is 2.16. The van der Waals surface area contributed by atoms with Crippen LogP contribution in [0.1, 0.15) is 5.56 Å². The van der Waals surface area contributed by atoms with Crippen molar-refractivity contribution in [3.63, 3.8) is 0 Å². The van der Waals surface area contributed by atoms with Crippen LogP contribution in [-0.4, -0.2) is 50.1 Å². The lowest BCUT2D eigenvalue weighted by molar-refractivity contribution is -0.900. The second kappa shape index (κ2) is 6.86. The third kappa shape index (κ3) is 4.35. The Hall–Kier alpha value is -1.92. The first kappa shape index (κ1) is 13.5. The van der Waals surface area contributed by atoms with Crippen molar-refractivity contribution >= 4 is 12.1 Å². The molecule has 0 atom stereocenters. The van der Waals surface area contributed by atoms with Gasteiger partial charge in [-0.05, 0) is 12.1 Å². The fourth-order valence-electron chi connectivity index (χ4n) is 1.87. The SMILES string of the molecule is O=C(C[NH+]1CCOCC1)NN=Cc1ccccc1O. The van der Waals surface area contributed by atoms with Gasteiger partial charge >= 0.3 is 0 Å². The van der Waals surface area contributed by atoms with E-state index in [1.165, 1.54) is 11.1 Å². The smallest absolute Gasteiger partial charge is 0.295 e. The van der Waals surface area contributed by atoms with Crippen molar-refractivity contribution in [1.82, 2.24) is 5.43 Å². The first-order valence-electron chi connectivity index (χ1n) is 6.27. The van der Waals surface area contributed by atoms with Crippen molar-refractivity contribution in [2.24, 2.45) is 5.10 Å². The number of hydrogen-bond acceptors (Lipinski definition) is 4. The Kier molecular flexibility index (Phi) is 4.88. The summed E-state index contributed by atoms with van der Waals surface area (Å²) in [6, 6.07) is 6.81. The molecule has 19 heavy (non-hydrogen) atoms. The molecule has 1 saturated heterocycles. The molecule has 0 spiro atoms. The number of para-hydroxylation sites is 1. The normalized spacial score (nSPS) is 16.6. The van der Waals surface area contributed by atoms with Gasteiger partial charge in [0.15, 0.2) is 6.54 Å². The van der Waals surface area contributed by atoms with Gasteiger partial charge in [-0.3, -0.25) is 4.79 Å². The van der Waals surface area contributed by atoms with Crippen molar-refractivity contribution < 1.29 is 19.5 Å². The maximum atomic E-state index is 11.6. The van der Waals surface area contributed by atoms with E-state index in [-0.39, 0.29) is 11.7 Å². The Morgan fingerprint density at radius 1 is 1.42 bits per heavy atom. The zero-order chi connectivity index (χ0) is 13.5. The van der Waals surface area contributed by atoms with Crippen LogP contribution in [0.15, 0.2) is 29.4 Å². The minimum Gasteiger partial charge on any atom is -0.507 e. The van der Waals surface area contributed by atoms with E-state index in [2.05, 4.69) is 10.5 Å². The molecule has 102 valence electrons. The van der Waals surface area contributed by atoms with E-state index in [1.54, 1.807) is 24.3 Å². The van der Waals surface area contributed by atoms with Crippen LogP contribution in [0, 0.1) is 0 Å². The highest BCUT2D eigenvalue weighted by Crippen LogP contribution is 2.12. The number of hydrazone groups is 1. The minimum atomic E-state index is -0.136. The van der Waals surface area contributed by atoms with Crippen molar-refractivity contribution in [1.29, 1.82) is 0 Å². The molecule has 0 aliphatic carbocycles. The molecular formula is C13H18N3O3+. The highest BCUT2D eigenvalue weighted by molar-refractivity contribution is 5.85. The van der Waals surface area contributed by atoms with E-state index in [0.29, 0.717) is 25.3 Å². The van der Waals surface area contributed by atoms with E-state index in [9.17, 15) is 9.90 Å². The molecule has 1 aliphatic heterocycles. The van der Waals surface area contributed by atoms with E-state index in [1.807, 2.05) is 0 Å². The number of quaternary nitrogens is 1. The van der Waals surface area contributed by atoms with Crippen LogP contribution < -0.4 is 10.3 Å². The molecule has 0 radical (unpaired) electrons. The number of phenolic OH excluding ortho intramolecular Hbond substituents is 1. The molecule has 0 unspecified atom stereocenters. The average Bonchev–Trinajstić information content (AvgIpc) is 2.42. The van der Waals surface area contributed by atoms with Gasteiger partial charge in [-0.2, -0.15) is 5.10 Å². The van der Waals surface area contributed by atoms with Crippen molar-refractivity contribution in [3.05, 3.63) is 29.8 Å². The number of ether oxygens (including phenoxy) is 1. The van der Waals surface area contributed by atoms with E-state index in [4.69, 9.17) is 4.74 Å². The van der Waals surface area contributed by atoms with Gasteiger partial charge in [0.05, 0.1) is 19.4 Å². The fraction of sp³-hybridized carbons (Fsp3) is 0.385. The molecule has 1 aliphatic rings. The Morgan fingerprint density at radius 3 is 2.89 bits per heavy atom. The fourth-order valence-corrected chi connectivity index (χ4v) is 1.87. The number of aromatic hydroxyl groups is 1. The Labute approximate surface area is 111 Å². The lowest BCUT2D eigenvalue weighted by Gasteiger charge is -2.22. The summed E-state index contributed by atoms with van der Waals surface area (Å²) in [6.45, 7) is 3.47. The van der Waals surface area contributed by atoms with Crippen LogP contribution in [0.4, 0.5) is 0 Å². The number of benzene rings is 1. The summed E-state index contributed by atoms with van der Waals surface area (Å²) < 4.78 is 5.22. The number of nitrogens with zero attached hydrogens (tertiary/aromatic N) is 1. The van der Waals surface area contributed by atoms with Crippen LogP contribution in [0.2, 0.25) is 0 Å². The summed E-state index contributed by atoms with van der Waals surface area (Å²) in [5, 5.41) is 13.4. The monoisotopic (exact) mass is 264 g/mol. The first-order valence-corrected chi connectivity index (χ1v) is 6.27. The third-order valence-corrected chi connectivity index (χ3v) is 2.94. The number of rotatable bonds is 4. The molecule has 6 nitrogen and oxygen atoms in total. The van der Waals surface area contributed by atoms with Crippen molar-refractivity contribution in [2.75, 3.05) is 32.8 Å². The number of nitrogens with one attached hydrogen (secondary N) is 2. The first-order chi connectivity index (χ1) is 9.25. The predicted octanol–water partition coefficient (Wildman–Crippen LogP) is -1.24. The maximum Gasteiger partial charge on any atom is 0.295 e. The third-order valence-electron chi connectivity index (χ3n) is 2.94. The number of carbonyl (C=O) groups excluding carboxylic acids is 1. The molecule has 1 amide bonds. The average molecular weight is 264 g/mol. The van der Waals surface area contributed by atoms with Crippen LogP contribution in [0.25, 0.3) is 0 Å².